The number of hydrogen-bond acceptors (Lipinski definition) is 3. The van der Waals surface area contributed by atoms with E-state index in [1.165, 1.54) is 0 Å². The maximum Gasteiger partial charge on any atom is 0.245 e. The molecule has 2 rings (SSSR count). The van der Waals surface area contributed by atoms with Gasteiger partial charge in [0.2, 0.25) is 11.8 Å². The molecule has 2 fully saturated rings. The molecule has 0 bridgehead atoms. The predicted molar refractivity (Wildman–Crippen MR) is 67.0 cm³/mol. The average Bonchev–Trinajstić information content (AvgIpc) is 2.36. The number of piperazine rings is 1. The summed E-state index contributed by atoms with van der Waals surface area (Å²) in [7, 11) is 0. The van der Waals surface area contributed by atoms with Gasteiger partial charge in [0.25, 0.3) is 0 Å². The van der Waals surface area contributed by atoms with E-state index >= 15 is 0 Å². The second-order valence-electron chi connectivity index (χ2n) is 5.12. The van der Waals surface area contributed by atoms with Crippen LogP contribution < -0.4 is 5.32 Å². The van der Waals surface area contributed by atoms with Crippen LogP contribution in [0.5, 0.6) is 0 Å². The van der Waals surface area contributed by atoms with E-state index in [2.05, 4.69) is 5.32 Å². The highest BCUT2D eigenvalue weighted by molar-refractivity contribution is 5.94. The number of nitrogens with zero attached hydrogens (tertiary/aromatic N) is 1. The molecule has 1 N–H and O–H groups in total. The van der Waals surface area contributed by atoms with Crippen molar-refractivity contribution in [3.8, 4) is 0 Å². The molecule has 2 amide bonds. The minimum Gasteiger partial charge on any atom is -0.376 e. The number of nitrogens with one attached hydrogen (secondary N) is 1. The summed E-state index contributed by atoms with van der Waals surface area (Å²) in [5.41, 5.74) is 0. The van der Waals surface area contributed by atoms with Crippen molar-refractivity contribution < 1.29 is 14.3 Å². The minimum absolute atomic E-state index is 0.0469. The normalized spacial score (nSPS) is 29.3. The lowest BCUT2D eigenvalue weighted by Gasteiger charge is -2.35. The summed E-state index contributed by atoms with van der Waals surface area (Å²) in [6.07, 6.45) is 4.96. The molecule has 0 aromatic heterocycles. The van der Waals surface area contributed by atoms with E-state index in [1.807, 2.05) is 6.92 Å². The quantitative estimate of drug-likeness (QED) is 0.802. The Bertz CT molecular complexity index is 313. The van der Waals surface area contributed by atoms with Gasteiger partial charge in [0.15, 0.2) is 0 Å². The van der Waals surface area contributed by atoms with E-state index in [-0.39, 0.29) is 30.5 Å². The topological polar surface area (TPSA) is 58.6 Å². The van der Waals surface area contributed by atoms with Gasteiger partial charge in [-0.2, -0.15) is 0 Å². The van der Waals surface area contributed by atoms with Crippen LogP contribution in [0.25, 0.3) is 0 Å². The van der Waals surface area contributed by atoms with E-state index in [9.17, 15) is 9.59 Å². The van der Waals surface area contributed by atoms with Crippen molar-refractivity contribution in [2.45, 2.75) is 51.2 Å². The lowest BCUT2D eigenvalue weighted by atomic mass is 10.1. The van der Waals surface area contributed by atoms with Crippen LogP contribution >= 0.6 is 0 Å². The third-order valence-electron chi connectivity index (χ3n) is 3.55. The number of carbonyl (C=O) groups is 2. The SMILES string of the molecule is CCCC1NC(=O)CN(CC2CCCCO2)C1=O. The van der Waals surface area contributed by atoms with Crippen molar-refractivity contribution >= 4 is 11.8 Å². The molecular weight excluding hydrogens is 232 g/mol. The van der Waals surface area contributed by atoms with Crippen LogP contribution in [0.1, 0.15) is 39.0 Å². The van der Waals surface area contributed by atoms with Crippen molar-refractivity contribution in [1.29, 1.82) is 0 Å². The third-order valence-corrected chi connectivity index (χ3v) is 3.55. The summed E-state index contributed by atoms with van der Waals surface area (Å²) in [6, 6.07) is -0.333. The molecule has 102 valence electrons. The van der Waals surface area contributed by atoms with Crippen LogP contribution in [0, 0.1) is 0 Å². The first kappa shape index (κ1) is 13.3. The van der Waals surface area contributed by atoms with Crippen molar-refractivity contribution in [3.05, 3.63) is 0 Å². The first-order valence-corrected chi connectivity index (χ1v) is 6.90. The van der Waals surface area contributed by atoms with Crippen molar-refractivity contribution in [2.24, 2.45) is 0 Å². The van der Waals surface area contributed by atoms with E-state index < -0.39 is 0 Å². The smallest absolute Gasteiger partial charge is 0.245 e. The molecule has 0 saturated carbocycles. The molecule has 0 aromatic rings. The maximum atomic E-state index is 12.2. The molecule has 5 heteroatoms. The predicted octanol–water partition coefficient (Wildman–Crippen LogP) is 0.683. The monoisotopic (exact) mass is 254 g/mol. The van der Waals surface area contributed by atoms with Gasteiger partial charge in [-0.25, -0.2) is 0 Å². The highest BCUT2D eigenvalue weighted by Crippen LogP contribution is 2.16. The molecule has 2 saturated heterocycles. The summed E-state index contributed by atoms with van der Waals surface area (Å²) >= 11 is 0. The summed E-state index contributed by atoms with van der Waals surface area (Å²) in [6.45, 7) is 3.53. The molecule has 0 aliphatic carbocycles. The molecule has 2 aliphatic rings. The number of ether oxygens (including phenoxy) is 1. The molecular formula is C13H22N2O3. The zero-order valence-electron chi connectivity index (χ0n) is 11.0. The lowest BCUT2D eigenvalue weighted by molar-refractivity contribution is -0.146. The van der Waals surface area contributed by atoms with Crippen molar-refractivity contribution in [1.82, 2.24) is 10.2 Å². The second kappa shape index (κ2) is 6.18. The van der Waals surface area contributed by atoms with Crippen LogP contribution in [0.15, 0.2) is 0 Å². The van der Waals surface area contributed by atoms with Gasteiger partial charge >= 0.3 is 0 Å². The lowest BCUT2D eigenvalue weighted by Crippen LogP contribution is -2.59. The molecule has 2 heterocycles. The van der Waals surface area contributed by atoms with Crippen LogP contribution in [0.2, 0.25) is 0 Å². The van der Waals surface area contributed by atoms with Crippen LogP contribution in [0.3, 0.4) is 0 Å². The van der Waals surface area contributed by atoms with Gasteiger partial charge in [-0.05, 0) is 25.7 Å². The fraction of sp³-hybridized carbons (Fsp3) is 0.846. The maximum absolute atomic E-state index is 12.2. The first-order valence-electron chi connectivity index (χ1n) is 6.90. The Morgan fingerprint density at radius 3 is 2.89 bits per heavy atom. The van der Waals surface area contributed by atoms with E-state index in [4.69, 9.17) is 4.74 Å². The Kier molecular flexibility index (Phi) is 4.58. The van der Waals surface area contributed by atoms with Gasteiger partial charge in [-0.15, -0.1) is 0 Å². The minimum atomic E-state index is -0.333. The third kappa shape index (κ3) is 3.22. The largest absolute Gasteiger partial charge is 0.376 e. The number of amides is 2. The van der Waals surface area contributed by atoms with Crippen molar-refractivity contribution in [3.63, 3.8) is 0 Å². The molecule has 18 heavy (non-hydrogen) atoms. The van der Waals surface area contributed by atoms with E-state index in [1.54, 1.807) is 4.90 Å². The van der Waals surface area contributed by atoms with Gasteiger partial charge in [0.1, 0.15) is 6.04 Å². The Labute approximate surface area is 108 Å². The fourth-order valence-electron chi connectivity index (χ4n) is 2.61. The van der Waals surface area contributed by atoms with E-state index in [0.717, 1.165) is 32.3 Å². The molecule has 2 unspecified atom stereocenters. The number of hydrogen-bond donors (Lipinski definition) is 1. The van der Waals surface area contributed by atoms with Gasteiger partial charge in [-0.3, -0.25) is 9.59 Å². The Hall–Kier alpha value is -1.10. The van der Waals surface area contributed by atoms with Crippen LogP contribution in [-0.2, 0) is 14.3 Å². The molecule has 0 aromatic carbocycles. The fourth-order valence-corrected chi connectivity index (χ4v) is 2.61. The first-order chi connectivity index (χ1) is 8.70. The highest BCUT2D eigenvalue weighted by Gasteiger charge is 2.33. The zero-order valence-corrected chi connectivity index (χ0v) is 11.0. The van der Waals surface area contributed by atoms with E-state index in [0.29, 0.717) is 13.0 Å². The van der Waals surface area contributed by atoms with Gasteiger partial charge < -0.3 is 15.0 Å². The summed E-state index contributed by atoms with van der Waals surface area (Å²) in [5, 5.41) is 2.76. The van der Waals surface area contributed by atoms with Crippen LogP contribution in [-0.4, -0.2) is 48.6 Å². The number of carbonyl (C=O) groups excluding carboxylic acids is 2. The second-order valence-corrected chi connectivity index (χ2v) is 5.12. The highest BCUT2D eigenvalue weighted by atomic mass is 16.5. The van der Waals surface area contributed by atoms with Crippen molar-refractivity contribution in [2.75, 3.05) is 19.7 Å². The standard InChI is InChI=1S/C13H22N2O3/c1-2-5-11-13(17)15(9-12(16)14-11)8-10-6-3-4-7-18-10/h10-11H,2-9H2,1H3,(H,14,16). The summed E-state index contributed by atoms with van der Waals surface area (Å²) < 4.78 is 5.63. The Morgan fingerprint density at radius 1 is 1.39 bits per heavy atom. The Balaban J connectivity index is 1.92. The molecule has 2 aliphatic heterocycles. The number of rotatable bonds is 4. The molecule has 5 nitrogen and oxygen atoms in total. The zero-order chi connectivity index (χ0) is 13.0. The van der Waals surface area contributed by atoms with Gasteiger partial charge in [-0.1, -0.05) is 13.3 Å². The summed E-state index contributed by atoms with van der Waals surface area (Å²) in [5.74, 6) is -0.00511. The molecule has 2 atom stereocenters. The van der Waals surface area contributed by atoms with Gasteiger partial charge in [0.05, 0.1) is 12.6 Å². The average molecular weight is 254 g/mol. The molecule has 0 spiro atoms. The molecule has 0 radical (unpaired) electrons. The van der Waals surface area contributed by atoms with Gasteiger partial charge in [0, 0.05) is 13.2 Å². The van der Waals surface area contributed by atoms with Crippen LogP contribution in [0.4, 0.5) is 0 Å². The Morgan fingerprint density at radius 2 is 2.22 bits per heavy atom. The summed E-state index contributed by atoms with van der Waals surface area (Å²) in [4.78, 5) is 25.5.